The van der Waals surface area contributed by atoms with Gasteiger partial charge in [-0.15, -0.1) is 6.58 Å². The highest BCUT2D eigenvalue weighted by molar-refractivity contribution is 5.71. The Hall–Kier alpha value is -1.89. The van der Waals surface area contributed by atoms with E-state index in [1.807, 2.05) is 12.3 Å². The summed E-state index contributed by atoms with van der Waals surface area (Å²) in [6.07, 6.45) is 7.16. The molecule has 1 heterocycles. The summed E-state index contributed by atoms with van der Waals surface area (Å²) in [6.45, 7) is 6.23. The molecular formula is C18H19N. The van der Waals surface area contributed by atoms with Gasteiger partial charge in [-0.1, -0.05) is 43.3 Å². The van der Waals surface area contributed by atoms with Gasteiger partial charge in [0.25, 0.3) is 0 Å². The Labute approximate surface area is 115 Å². The van der Waals surface area contributed by atoms with Crippen molar-refractivity contribution in [2.45, 2.75) is 31.6 Å². The van der Waals surface area contributed by atoms with E-state index < -0.39 is 0 Å². The molecule has 19 heavy (non-hydrogen) atoms. The molecular weight excluding hydrogens is 230 g/mol. The first-order valence-electron chi connectivity index (χ1n) is 6.95. The van der Waals surface area contributed by atoms with Crippen LogP contribution in [0, 0.1) is 0 Å². The fourth-order valence-corrected chi connectivity index (χ4v) is 3.33. The Morgan fingerprint density at radius 3 is 2.89 bits per heavy atom. The molecule has 1 nitrogen and oxygen atoms in total. The van der Waals surface area contributed by atoms with Crippen LogP contribution in [0.1, 0.15) is 30.9 Å². The molecule has 0 saturated carbocycles. The Morgan fingerprint density at radius 2 is 2.11 bits per heavy atom. The Morgan fingerprint density at radius 1 is 1.26 bits per heavy atom. The van der Waals surface area contributed by atoms with Crippen LogP contribution in [0.4, 0.5) is 0 Å². The lowest BCUT2D eigenvalue weighted by atomic mass is 9.66. The molecule has 0 aliphatic heterocycles. The van der Waals surface area contributed by atoms with Gasteiger partial charge in [0.05, 0.1) is 5.69 Å². The molecule has 1 aromatic carbocycles. The lowest BCUT2D eigenvalue weighted by molar-refractivity contribution is 0.407. The molecule has 3 rings (SSSR count). The van der Waals surface area contributed by atoms with E-state index in [0.717, 1.165) is 25.0 Å². The molecule has 0 bridgehead atoms. The van der Waals surface area contributed by atoms with Gasteiger partial charge in [-0.25, -0.2) is 0 Å². The van der Waals surface area contributed by atoms with Crippen molar-refractivity contribution in [3.8, 4) is 11.3 Å². The number of nitrogens with zero attached hydrogens (tertiary/aromatic N) is 1. The largest absolute Gasteiger partial charge is 0.256 e. The quantitative estimate of drug-likeness (QED) is 0.728. The lowest BCUT2D eigenvalue weighted by Crippen LogP contribution is -2.31. The van der Waals surface area contributed by atoms with Crippen LogP contribution in [0.25, 0.3) is 11.3 Å². The van der Waals surface area contributed by atoms with Crippen molar-refractivity contribution in [1.29, 1.82) is 0 Å². The zero-order valence-corrected chi connectivity index (χ0v) is 11.4. The number of fused-ring (bicyclic) bond motifs is 3. The van der Waals surface area contributed by atoms with Crippen molar-refractivity contribution in [1.82, 2.24) is 4.98 Å². The highest BCUT2D eigenvalue weighted by atomic mass is 14.7. The van der Waals surface area contributed by atoms with Gasteiger partial charge in [-0.2, -0.15) is 0 Å². The summed E-state index contributed by atoms with van der Waals surface area (Å²) in [4.78, 5) is 4.65. The zero-order chi connectivity index (χ0) is 13.3. The maximum atomic E-state index is 4.65. The number of rotatable bonds is 3. The average molecular weight is 249 g/mol. The maximum Gasteiger partial charge on any atom is 0.0742 e. The van der Waals surface area contributed by atoms with Gasteiger partial charge in [0.1, 0.15) is 0 Å². The molecule has 1 heteroatoms. The third kappa shape index (κ3) is 1.81. The van der Waals surface area contributed by atoms with E-state index in [-0.39, 0.29) is 5.41 Å². The summed E-state index contributed by atoms with van der Waals surface area (Å²) in [6, 6.07) is 12.9. The van der Waals surface area contributed by atoms with Crippen LogP contribution >= 0.6 is 0 Å². The van der Waals surface area contributed by atoms with Gasteiger partial charge < -0.3 is 0 Å². The van der Waals surface area contributed by atoms with Gasteiger partial charge in [-0.05, 0) is 36.5 Å². The summed E-state index contributed by atoms with van der Waals surface area (Å²) in [5.74, 6) is 0. The van der Waals surface area contributed by atoms with Crippen LogP contribution in [-0.4, -0.2) is 4.98 Å². The number of aromatic nitrogens is 1. The van der Waals surface area contributed by atoms with Crippen molar-refractivity contribution < 1.29 is 0 Å². The summed E-state index contributed by atoms with van der Waals surface area (Å²) < 4.78 is 0. The Kier molecular flexibility index (Phi) is 2.98. The fourth-order valence-electron chi connectivity index (χ4n) is 3.33. The average Bonchev–Trinajstić information content (AvgIpc) is 2.48. The van der Waals surface area contributed by atoms with Crippen molar-refractivity contribution in [3.63, 3.8) is 0 Å². The minimum atomic E-state index is 0.166. The van der Waals surface area contributed by atoms with Crippen molar-refractivity contribution >= 4 is 0 Å². The number of hydrogen-bond donors (Lipinski definition) is 0. The number of allylic oxidation sites excluding steroid dienone is 1. The lowest BCUT2D eigenvalue weighted by Gasteiger charge is -2.38. The Bertz CT molecular complexity index is 615. The second-order valence-electron chi connectivity index (χ2n) is 5.36. The first kappa shape index (κ1) is 12.2. The molecule has 0 N–H and O–H groups in total. The molecule has 0 saturated heterocycles. The molecule has 0 amide bonds. The van der Waals surface area contributed by atoms with E-state index in [0.29, 0.717) is 0 Å². The van der Waals surface area contributed by atoms with Crippen molar-refractivity contribution in [2.75, 3.05) is 0 Å². The third-order valence-corrected chi connectivity index (χ3v) is 4.39. The molecule has 0 radical (unpaired) electrons. The minimum absolute atomic E-state index is 0.166. The van der Waals surface area contributed by atoms with E-state index in [9.17, 15) is 0 Å². The highest BCUT2D eigenvalue weighted by Gasteiger charge is 2.36. The molecule has 1 aliphatic rings. The molecule has 1 unspecified atom stereocenters. The van der Waals surface area contributed by atoms with Gasteiger partial charge in [0.2, 0.25) is 0 Å². The predicted octanol–water partition coefficient (Wildman–Crippen LogP) is 4.53. The molecule has 0 fully saturated rings. The summed E-state index contributed by atoms with van der Waals surface area (Å²) in [7, 11) is 0. The first-order valence-corrected chi connectivity index (χ1v) is 6.95. The second-order valence-corrected chi connectivity index (χ2v) is 5.36. The van der Waals surface area contributed by atoms with Crippen LogP contribution in [0.2, 0.25) is 0 Å². The molecule has 1 atom stereocenters. The predicted molar refractivity (Wildman–Crippen MR) is 80.2 cm³/mol. The van der Waals surface area contributed by atoms with Crippen LogP contribution in [-0.2, 0) is 11.8 Å². The first-order chi connectivity index (χ1) is 9.30. The topological polar surface area (TPSA) is 12.9 Å². The molecule has 1 aromatic heterocycles. The maximum absolute atomic E-state index is 4.65. The van der Waals surface area contributed by atoms with E-state index in [4.69, 9.17) is 0 Å². The summed E-state index contributed by atoms with van der Waals surface area (Å²) in [5, 5.41) is 0. The molecule has 96 valence electrons. The van der Waals surface area contributed by atoms with Gasteiger partial charge in [-0.3, -0.25) is 4.98 Å². The number of hydrogen-bond acceptors (Lipinski definition) is 1. The fraction of sp³-hybridized carbons (Fsp3) is 0.278. The highest BCUT2D eigenvalue weighted by Crippen LogP contribution is 2.45. The summed E-state index contributed by atoms with van der Waals surface area (Å²) in [5.41, 5.74) is 5.42. The van der Waals surface area contributed by atoms with Crippen LogP contribution in [0.15, 0.2) is 55.3 Å². The molecule has 2 aromatic rings. The number of pyridine rings is 1. The smallest absolute Gasteiger partial charge is 0.0742 e. The monoisotopic (exact) mass is 249 g/mol. The van der Waals surface area contributed by atoms with Gasteiger partial charge >= 0.3 is 0 Å². The van der Waals surface area contributed by atoms with Crippen LogP contribution in [0.5, 0.6) is 0 Å². The molecule has 1 aliphatic carbocycles. The standard InChI is InChI=1S/C18H19N/c1-3-11-18(4-2)13-14-8-5-6-9-15(14)17-16(18)10-7-12-19-17/h3,5-10,12H,1,4,11,13H2,2H3. The zero-order valence-electron chi connectivity index (χ0n) is 11.4. The normalized spacial score (nSPS) is 20.5. The van der Waals surface area contributed by atoms with Crippen molar-refractivity contribution in [2.24, 2.45) is 0 Å². The third-order valence-electron chi connectivity index (χ3n) is 4.39. The van der Waals surface area contributed by atoms with E-state index in [2.05, 4.69) is 54.9 Å². The van der Waals surface area contributed by atoms with Crippen LogP contribution < -0.4 is 0 Å². The van der Waals surface area contributed by atoms with Crippen molar-refractivity contribution in [3.05, 3.63) is 66.4 Å². The second kappa shape index (κ2) is 4.65. The summed E-state index contributed by atoms with van der Waals surface area (Å²) >= 11 is 0. The SMILES string of the molecule is C=CCC1(CC)Cc2ccccc2-c2ncccc21. The molecule has 0 spiro atoms. The van der Waals surface area contributed by atoms with E-state index >= 15 is 0 Å². The van der Waals surface area contributed by atoms with E-state index in [1.54, 1.807) is 0 Å². The Balaban J connectivity index is 2.27. The number of benzene rings is 1. The van der Waals surface area contributed by atoms with Gasteiger partial charge in [0.15, 0.2) is 0 Å². The minimum Gasteiger partial charge on any atom is -0.256 e. The van der Waals surface area contributed by atoms with Gasteiger partial charge in [0, 0.05) is 17.2 Å². The van der Waals surface area contributed by atoms with Crippen LogP contribution in [0.3, 0.4) is 0 Å². The van der Waals surface area contributed by atoms with E-state index in [1.165, 1.54) is 16.7 Å².